The Morgan fingerprint density at radius 3 is 2.55 bits per heavy atom. The molecule has 0 aliphatic heterocycles. The first-order chi connectivity index (χ1) is 9.58. The number of amides is 1. The van der Waals surface area contributed by atoms with E-state index in [1.807, 2.05) is 12.1 Å². The molecule has 20 heavy (non-hydrogen) atoms. The van der Waals surface area contributed by atoms with E-state index < -0.39 is 0 Å². The summed E-state index contributed by atoms with van der Waals surface area (Å²) in [6.07, 6.45) is 0.802. The van der Waals surface area contributed by atoms with Gasteiger partial charge >= 0.3 is 0 Å². The second-order valence-corrected chi connectivity index (χ2v) is 4.93. The number of phenolic OH excluding ortho intramolecular Hbond substituents is 1. The number of benzene rings is 2. The van der Waals surface area contributed by atoms with Crippen molar-refractivity contribution in [3.8, 4) is 5.75 Å². The number of nitrogens with one attached hydrogen (secondary N) is 1. The Balaban J connectivity index is 1.92. The molecule has 0 atom stereocenters. The summed E-state index contributed by atoms with van der Waals surface area (Å²) in [7, 11) is 0. The monoisotopic (exact) mass is 269 g/mol. The smallest absolute Gasteiger partial charge is 0.251 e. The normalized spacial score (nSPS) is 10.3. The third kappa shape index (κ3) is 3.38. The largest absolute Gasteiger partial charge is 0.508 e. The molecule has 3 heteroatoms. The molecular formula is C17H19NO2. The van der Waals surface area contributed by atoms with E-state index in [-0.39, 0.29) is 11.7 Å². The Kier molecular flexibility index (Phi) is 4.41. The van der Waals surface area contributed by atoms with Gasteiger partial charge in [0.25, 0.3) is 5.91 Å². The fourth-order valence-corrected chi connectivity index (χ4v) is 2.05. The van der Waals surface area contributed by atoms with Crippen LogP contribution >= 0.6 is 0 Å². The summed E-state index contributed by atoms with van der Waals surface area (Å²) in [4.78, 5) is 12.0. The molecule has 2 aromatic carbocycles. The fourth-order valence-electron chi connectivity index (χ4n) is 2.05. The minimum Gasteiger partial charge on any atom is -0.508 e. The molecule has 2 N–H and O–H groups in total. The van der Waals surface area contributed by atoms with Crippen LogP contribution in [0.2, 0.25) is 0 Å². The lowest BCUT2D eigenvalue weighted by Crippen LogP contribution is -2.25. The average Bonchev–Trinajstić information content (AvgIpc) is 2.44. The molecule has 0 aromatic heterocycles. The maximum absolute atomic E-state index is 12.0. The summed E-state index contributed by atoms with van der Waals surface area (Å²) >= 11 is 0. The Bertz CT molecular complexity index is 620. The van der Waals surface area contributed by atoms with E-state index in [1.165, 1.54) is 17.2 Å². The van der Waals surface area contributed by atoms with Crippen LogP contribution in [0.15, 0.2) is 42.5 Å². The van der Waals surface area contributed by atoms with Gasteiger partial charge < -0.3 is 10.4 Å². The van der Waals surface area contributed by atoms with E-state index >= 15 is 0 Å². The molecular weight excluding hydrogens is 250 g/mol. The predicted molar refractivity (Wildman–Crippen MR) is 80.1 cm³/mol. The van der Waals surface area contributed by atoms with Gasteiger partial charge in [-0.2, -0.15) is 0 Å². The molecule has 0 saturated carbocycles. The van der Waals surface area contributed by atoms with Gasteiger partial charge in [-0.05, 0) is 49.1 Å². The first kappa shape index (κ1) is 14.1. The first-order valence-corrected chi connectivity index (χ1v) is 6.70. The lowest BCUT2D eigenvalue weighted by atomic mass is 10.1. The third-order valence-electron chi connectivity index (χ3n) is 3.41. The highest BCUT2D eigenvalue weighted by molar-refractivity contribution is 5.94. The summed E-state index contributed by atoms with van der Waals surface area (Å²) in [5.74, 6) is -0.00885. The maximum atomic E-state index is 12.0. The van der Waals surface area contributed by atoms with Gasteiger partial charge in [-0.1, -0.05) is 30.3 Å². The number of aromatic hydroxyl groups is 1. The molecule has 0 bridgehead atoms. The van der Waals surface area contributed by atoms with Gasteiger partial charge in [0, 0.05) is 12.1 Å². The van der Waals surface area contributed by atoms with Crippen LogP contribution in [-0.2, 0) is 6.42 Å². The van der Waals surface area contributed by atoms with Gasteiger partial charge in [0.2, 0.25) is 0 Å². The lowest BCUT2D eigenvalue weighted by Gasteiger charge is -2.08. The minimum absolute atomic E-state index is 0.150. The first-order valence-electron chi connectivity index (χ1n) is 6.70. The van der Waals surface area contributed by atoms with E-state index in [9.17, 15) is 9.90 Å². The molecule has 2 rings (SSSR count). The molecule has 0 unspecified atom stereocenters. The van der Waals surface area contributed by atoms with Crippen LogP contribution in [0, 0.1) is 13.8 Å². The number of hydrogen-bond acceptors (Lipinski definition) is 2. The standard InChI is InChI=1S/C17H19NO2/c1-12-5-3-4-6-14(12)9-10-18-17(20)15-8-7-13(2)16(19)11-15/h3-8,11,19H,9-10H2,1-2H3,(H,18,20). The summed E-state index contributed by atoms with van der Waals surface area (Å²) in [5, 5.41) is 12.5. The Labute approximate surface area is 119 Å². The number of aryl methyl sites for hydroxylation is 2. The average molecular weight is 269 g/mol. The van der Waals surface area contributed by atoms with Crippen molar-refractivity contribution in [2.75, 3.05) is 6.54 Å². The van der Waals surface area contributed by atoms with Crippen LogP contribution in [0.3, 0.4) is 0 Å². The summed E-state index contributed by atoms with van der Waals surface area (Å²) in [6.45, 7) is 4.45. The lowest BCUT2D eigenvalue weighted by molar-refractivity contribution is 0.0953. The number of carbonyl (C=O) groups excluding carboxylic acids is 1. The van der Waals surface area contributed by atoms with E-state index in [1.54, 1.807) is 19.1 Å². The van der Waals surface area contributed by atoms with Crippen LogP contribution in [0.4, 0.5) is 0 Å². The Morgan fingerprint density at radius 1 is 1.10 bits per heavy atom. The zero-order chi connectivity index (χ0) is 14.5. The highest BCUT2D eigenvalue weighted by Crippen LogP contribution is 2.17. The summed E-state index contributed by atoms with van der Waals surface area (Å²) in [5.41, 5.74) is 3.72. The second-order valence-electron chi connectivity index (χ2n) is 4.93. The van der Waals surface area contributed by atoms with E-state index in [2.05, 4.69) is 24.4 Å². The second kappa shape index (κ2) is 6.24. The topological polar surface area (TPSA) is 49.3 Å². The van der Waals surface area contributed by atoms with Crippen molar-refractivity contribution < 1.29 is 9.90 Å². The van der Waals surface area contributed by atoms with E-state index in [0.717, 1.165) is 12.0 Å². The highest BCUT2D eigenvalue weighted by atomic mass is 16.3. The summed E-state index contributed by atoms with van der Waals surface area (Å²) < 4.78 is 0. The van der Waals surface area contributed by atoms with Gasteiger partial charge in [-0.15, -0.1) is 0 Å². The van der Waals surface area contributed by atoms with Crippen LogP contribution in [0.1, 0.15) is 27.0 Å². The SMILES string of the molecule is Cc1ccc(C(=O)NCCc2ccccc2C)cc1O. The zero-order valence-corrected chi connectivity index (χ0v) is 11.8. The van der Waals surface area contributed by atoms with E-state index in [0.29, 0.717) is 12.1 Å². The van der Waals surface area contributed by atoms with Gasteiger partial charge in [0.05, 0.1) is 0 Å². The molecule has 0 radical (unpaired) electrons. The molecule has 0 aliphatic carbocycles. The number of carbonyl (C=O) groups is 1. The predicted octanol–water partition coefficient (Wildman–Crippen LogP) is 2.98. The van der Waals surface area contributed by atoms with Gasteiger partial charge in [-0.25, -0.2) is 0 Å². The maximum Gasteiger partial charge on any atom is 0.251 e. The van der Waals surface area contributed by atoms with Crippen molar-refractivity contribution in [3.63, 3.8) is 0 Å². The minimum atomic E-state index is -0.158. The van der Waals surface area contributed by atoms with E-state index in [4.69, 9.17) is 0 Å². The number of rotatable bonds is 4. The van der Waals surface area contributed by atoms with Crippen molar-refractivity contribution in [2.45, 2.75) is 20.3 Å². The zero-order valence-electron chi connectivity index (χ0n) is 11.8. The van der Waals surface area contributed by atoms with Gasteiger partial charge in [0.15, 0.2) is 0 Å². The van der Waals surface area contributed by atoms with Crippen LogP contribution in [0.25, 0.3) is 0 Å². The molecule has 0 aliphatic rings. The molecule has 1 amide bonds. The number of hydrogen-bond donors (Lipinski definition) is 2. The van der Waals surface area contributed by atoms with Gasteiger partial charge in [-0.3, -0.25) is 4.79 Å². The molecule has 2 aromatic rings. The quantitative estimate of drug-likeness (QED) is 0.896. The van der Waals surface area contributed by atoms with Crippen molar-refractivity contribution in [3.05, 3.63) is 64.7 Å². The fraction of sp³-hybridized carbons (Fsp3) is 0.235. The van der Waals surface area contributed by atoms with Crippen LogP contribution in [0.5, 0.6) is 5.75 Å². The molecule has 0 fully saturated rings. The van der Waals surface area contributed by atoms with Crippen molar-refractivity contribution in [1.29, 1.82) is 0 Å². The third-order valence-corrected chi connectivity index (χ3v) is 3.41. The Morgan fingerprint density at radius 2 is 1.85 bits per heavy atom. The van der Waals surface area contributed by atoms with Crippen molar-refractivity contribution >= 4 is 5.91 Å². The molecule has 104 valence electrons. The van der Waals surface area contributed by atoms with Crippen molar-refractivity contribution in [1.82, 2.24) is 5.32 Å². The number of phenols is 1. The molecule has 3 nitrogen and oxygen atoms in total. The van der Waals surface area contributed by atoms with Crippen LogP contribution < -0.4 is 5.32 Å². The Hall–Kier alpha value is -2.29. The molecule has 0 heterocycles. The van der Waals surface area contributed by atoms with Gasteiger partial charge in [0.1, 0.15) is 5.75 Å². The summed E-state index contributed by atoms with van der Waals surface area (Å²) in [6, 6.07) is 13.1. The molecule has 0 spiro atoms. The van der Waals surface area contributed by atoms with Crippen molar-refractivity contribution in [2.24, 2.45) is 0 Å². The highest BCUT2D eigenvalue weighted by Gasteiger charge is 2.07. The van der Waals surface area contributed by atoms with Crippen LogP contribution in [-0.4, -0.2) is 17.6 Å². The molecule has 0 saturated heterocycles.